The van der Waals surface area contributed by atoms with Gasteiger partial charge in [0.1, 0.15) is 10.7 Å². The van der Waals surface area contributed by atoms with Crippen LogP contribution in [0.3, 0.4) is 0 Å². The van der Waals surface area contributed by atoms with E-state index < -0.39 is 22.9 Å². The summed E-state index contributed by atoms with van der Waals surface area (Å²) in [4.78, 5) is 31.3. The Morgan fingerprint density at radius 1 is 1.45 bits per heavy atom. The number of pyridine rings is 2. The first kappa shape index (κ1) is 14.6. The van der Waals surface area contributed by atoms with Crippen molar-refractivity contribution in [3.8, 4) is 5.13 Å². The number of carbonyl (C=O) groups is 1. The van der Waals surface area contributed by atoms with Crippen molar-refractivity contribution in [3.63, 3.8) is 0 Å². The number of fused-ring (bicyclic) bond motifs is 1. The summed E-state index contributed by atoms with van der Waals surface area (Å²) in [5.41, 5.74) is -0.504. The molecule has 0 aromatic carbocycles. The van der Waals surface area contributed by atoms with Gasteiger partial charge in [0.05, 0.1) is 5.39 Å². The molecular formula is C13H7ClFN3O3S. The van der Waals surface area contributed by atoms with E-state index in [1.165, 1.54) is 10.6 Å². The molecule has 0 bridgehead atoms. The van der Waals surface area contributed by atoms with Gasteiger partial charge in [0.15, 0.2) is 10.8 Å². The normalized spacial score (nSPS) is 11.0. The van der Waals surface area contributed by atoms with Crippen LogP contribution in [0.4, 0.5) is 4.39 Å². The van der Waals surface area contributed by atoms with Crippen LogP contribution in [0.1, 0.15) is 15.9 Å². The zero-order chi connectivity index (χ0) is 16.0. The van der Waals surface area contributed by atoms with Gasteiger partial charge < -0.3 is 5.11 Å². The van der Waals surface area contributed by atoms with E-state index in [2.05, 4.69) is 9.97 Å². The zero-order valence-electron chi connectivity index (χ0n) is 11.0. The van der Waals surface area contributed by atoms with E-state index >= 15 is 0 Å². The summed E-state index contributed by atoms with van der Waals surface area (Å²) >= 11 is 6.86. The minimum Gasteiger partial charge on any atom is -0.477 e. The van der Waals surface area contributed by atoms with Crippen LogP contribution >= 0.6 is 22.9 Å². The van der Waals surface area contributed by atoms with Gasteiger partial charge in [0, 0.05) is 11.6 Å². The maximum atomic E-state index is 13.2. The SMILES string of the molecule is Cc1cc(Cl)nc2c1c(=O)c(C(=O)O)cn2-c1nc(F)cs1. The number of aromatic carboxylic acids is 1. The zero-order valence-corrected chi connectivity index (χ0v) is 12.6. The van der Waals surface area contributed by atoms with Crippen molar-refractivity contribution in [1.82, 2.24) is 14.5 Å². The van der Waals surface area contributed by atoms with Crippen LogP contribution in [0, 0.1) is 12.9 Å². The summed E-state index contributed by atoms with van der Waals surface area (Å²) in [7, 11) is 0. The Kier molecular flexibility index (Phi) is 3.42. The smallest absolute Gasteiger partial charge is 0.341 e. The topological polar surface area (TPSA) is 85.1 Å². The molecule has 0 aliphatic carbocycles. The molecule has 3 aromatic heterocycles. The summed E-state index contributed by atoms with van der Waals surface area (Å²) in [6.45, 7) is 1.62. The van der Waals surface area contributed by atoms with Gasteiger partial charge in [-0.05, 0) is 18.6 Å². The highest BCUT2D eigenvalue weighted by atomic mass is 35.5. The van der Waals surface area contributed by atoms with Crippen LogP contribution < -0.4 is 5.43 Å². The molecule has 0 fully saturated rings. The van der Waals surface area contributed by atoms with Crippen molar-refractivity contribution < 1.29 is 14.3 Å². The molecule has 0 atom stereocenters. The molecule has 0 spiro atoms. The number of hydrogen-bond donors (Lipinski definition) is 1. The highest BCUT2D eigenvalue weighted by Gasteiger charge is 2.19. The van der Waals surface area contributed by atoms with E-state index in [-0.39, 0.29) is 21.3 Å². The van der Waals surface area contributed by atoms with Crippen LogP contribution in [0.15, 0.2) is 22.4 Å². The molecule has 0 saturated carbocycles. The molecule has 112 valence electrons. The molecule has 0 aliphatic rings. The lowest BCUT2D eigenvalue weighted by Gasteiger charge is -2.10. The standard InChI is InChI=1S/C13H7ClFN3O3S/c1-5-2-7(14)16-11-9(5)10(19)6(12(20)21)3-18(11)13-17-8(15)4-22-13/h2-4H,1H3,(H,20,21). The lowest BCUT2D eigenvalue weighted by atomic mass is 10.1. The average Bonchev–Trinajstić information content (AvgIpc) is 2.84. The molecule has 0 aliphatic heterocycles. The number of thiazole rings is 1. The fourth-order valence-electron chi connectivity index (χ4n) is 2.11. The van der Waals surface area contributed by atoms with Gasteiger partial charge in [0.2, 0.25) is 11.4 Å². The van der Waals surface area contributed by atoms with Gasteiger partial charge in [-0.25, -0.2) is 9.78 Å². The third-order valence-electron chi connectivity index (χ3n) is 3.02. The van der Waals surface area contributed by atoms with Crippen molar-refractivity contribution in [3.05, 3.63) is 50.1 Å². The van der Waals surface area contributed by atoms with E-state index in [0.717, 1.165) is 22.9 Å². The number of rotatable bonds is 2. The number of carboxylic acids is 1. The van der Waals surface area contributed by atoms with Crippen LogP contribution in [-0.2, 0) is 0 Å². The van der Waals surface area contributed by atoms with E-state index in [4.69, 9.17) is 11.6 Å². The Labute approximate surface area is 131 Å². The Morgan fingerprint density at radius 2 is 2.18 bits per heavy atom. The highest BCUT2D eigenvalue weighted by molar-refractivity contribution is 7.12. The summed E-state index contributed by atoms with van der Waals surface area (Å²) < 4.78 is 14.4. The number of aryl methyl sites for hydroxylation is 1. The molecule has 22 heavy (non-hydrogen) atoms. The summed E-state index contributed by atoms with van der Waals surface area (Å²) in [6, 6.07) is 1.46. The van der Waals surface area contributed by atoms with E-state index in [1.807, 2.05) is 0 Å². The largest absolute Gasteiger partial charge is 0.477 e. The highest BCUT2D eigenvalue weighted by Crippen LogP contribution is 2.23. The number of halogens is 2. The number of carboxylic acid groups (broad SMARTS) is 1. The van der Waals surface area contributed by atoms with Gasteiger partial charge in [-0.1, -0.05) is 11.6 Å². The van der Waals surface area contributed by atoms with Crippen molar-refractivity contribution >= 4 is 39.9 Å². The first-order valence-electron chi connectivity index (χ1n) is 5.95. The predicted octanol–water partition coefficient (Wildman–Crippen LogP) is 2.64. The maximum Gasteiger partial charge on any atom is 0.341 e. The molecule has 1 N–H and O–H groups in total. The molecule has 0 amide bonds. The molecule has 0 saturated heterocycles. The summed E-state index contributed by atoms with van der Waals surface area (Å²) in [6.07, 6.45) is 1.08. The minimum absolute atomic E-state index is 0.111. The second-order valence-corrected chi connectivity index (χ2v) is 5.68. The fraction of sp³-hybridized carbons (Fsp3) is 0.0769. The molecule has 6 nitrogen and oxygen atoms in total. The van der Waals surface area contributed by atoms with E-state index in [1.54, 1.807) is 6.92 Å². The monoisotopic (exact) mass is 339 g/mol. The van der Waals surface area contributed by atoms with Gasteiger partial charge in [-0.3, -0.25) is 9.36 Å². The quantitative estimate of drug-likeness (QED) is 0.725. The van der Waals surface area contributed by atoms with Gasteiger partial charge in [0.25, 0.3) is 0 Å². The molecule has 3 heterocycles. The van der Waals surface area contributed by atoms with Crippen LogP contribution in [0.25, 0.3) is 16.2 Å². The molecule has 9 heteroatoms. The first-order valence-corrected chi connectivity index (χ1v) is 7.21. The van der Waals surface area contributed by atoms with Crippen molar-refractivity contribution in [2.75, 3.05) is 0 Å². The molecule has 3 rings (SSSR count). The average molecular weight is 340 g/mol. The fourth-order valence-corrected chi connectivity index (χ4v) is 3.00. The van der Waals surface area contributed by atoms with Gasteiger partial charge in [-0.2, -0.15) is 9.37 Å². The predicted molar refractivity (Wildman–Crippen MR) is 79.7 cm³/mol. The Hall–Kier alpha value is -2.32. The third kappa shape index (κ3) is 2.26. The Bertz CT molecular complexity index is 983. The van der Waals surface area contributed by atoms with E-state index in [9.17, 15) is 19.1 Å². The molecular weight excluding hydrogens is 333 g/mol. The maximum absolute atomic E-state index is 13.2. The van der Waals surface area contributed by atoms with Crippen molar-refractivity contribution in [2.24, 2.45) is 0 Å². The van der Waals surface area contributed by atoms with Gasteiger partial charge >= 0.3 is 5.97 Å². The summed E-state index contributed by atoms with van der Waals surface area (Å²) in [5.74, 6) is -2.09. The lowest BCUT2D eigenvalue weighted by Crippen LogP contribution is -2.20. The van der Waals surface area contributed by atoms with E-state index in [0.29, 0.717) is 5.56 Å². The summed E-state index contributed by atoms with van der Waals surface area (Å²) in [5, 5.41) is 10.8. The molecule has 3 aromatic rings. The van der Waals surface area contributed by atoms with Crippen LogP contribution in [0.5, 0.6) is 0 Å². The Balaban J connectivity index is 2.52. The number of aromatic nitrogens is 3. The van der Waals surface area contributed by atoms with Crippen LogP contribution in [0.2, 0.25) is 5.15 Å². The second-order valence-electron chi connectivity index (χ2n) is 4.46. The third-order valence-corrected chi connectivity index (χ3v) is 4.03. The van der Waals surface area contributed by atoms with Crippen molar-refractivity contribution in [1.29, 1.82) is 0 Å². The lowest BCUT2D eigenvalue weighted by molar-refractivity contribution is 0.0695. The second kappa shape index (κ2) is 5.15. The van der Waals surface area contributed by atoms with Gasteiger partial charge in [-0.15, -0.1) is 11.3 Å². The van der Waals surface area contributed by atoms with Crippen LogP contribution in [-0.4, -0.2) is 25.6 Å². The molecule has 0 radical (unpaired) electrons. The Morgan fingerprint density at radius 3 is 2.77 bits per heavy atom. The molecule has 0 unspecified atom stereocenters. The minimum atomic E-state index is -1.38. The first-order chi connectivity index (χ1) is 10.4. The number of hydrogen-bond acceptors (Lipinski definition) is 5. The number of nitrogens with zero attached hydrogens (tertiary/aromatic N) is 3. The van der Waals surface area contributed by atoms with Crippen molar-refractivity contribution in [2.45, 2.75) is 6.92 Å².